The third kappa shape index (κ3) is 30.1. The molecule has 6 nitrogen and oxygen atoms in total. The van der Waals surface area contributed by atoms with Crippen molar-refractivity contribution in [2.45, 2.75) is 116 Å². The van der Waals surface area contributed by atoms with Gasteiger partial charge >= 0.3 is 8.25 Å². The zero-order chi connectivity index (χ0) is 21.5. The number of unbranched alkanes of at least 4 members (excludes halogenated alkanes) is 11. The highest BCUT2D eigenvalue weighted by molar-refractivity contribution is 7.30. The molecular formula is C21H44NO5P. The smallest absolute Gasteiger partial charge is 0.314 e. The molecule has 0 fully saturated rings. The van der Waals surface area contributed by atoms with Gasteiger partial charge in [0.2, 0.25) is 5.91 Å². The average Bonchev–Trinajstić information content (AvgIpc) is 2.64. The molecule has 1 unspecified atom stereocenters. The number of hydrogen-bond acceptors (Lipinski definition) is 3. The van der Waals surface area contributed by atoms with Crippen molar-refractivity contribution in [2.75, 3.05) is 0 Å². The topological polar surface area (TPSA) is 107 Å². The molecule has 7 heteroatoms. The number of amides is 1. The summed E-state index contributed by atoms with van der Waals surface area (Å²) in [6, 6.07) is 0. The van der Waals surface area contributed by atoms with Gasteiger partial charge in [0.25, 0.3) is 0 Å². The Balaban J connectivity index is 0. The molecule has 0 radical (unpaired) electrons. The van der Waals surface area contributed by atoms with Gasteiger partial charge in [-0.3, -0.25) is 9.36 Å². The van der Waals surface area contributed by atoms with Gasteiger partial charge in [0, 0.05) is 6.42 Å². The molecule has 0 aliphatic carbocycles. The van der Waals surface area contributed by atoms with E-state index in [1.54, 1.807) is 0 Å². The number of hydrogen-bond donors (Lipinski definition) is 4. The minimum Gasteiger partial charge on any atom is -0.374 e. The summed E-state index contributed by atoms with van der Waals surface area (Å²) in [5.74, 6) is -0.0259. The van der Waals surface area contributed by atoms with E-state index in [2.05, 4.69) is 24.4 Å². The van der Waals surface area contributed by atoms with Gasteiger partial charge in [0.15, 0.2) is 0 Å². The van der Waals surface area contributed by atoms with E-state index in [0.29, 0.717) is 12.8 Å². The molecule has 0 saturated heterocycles. The summed E-state index contributed by atoms with van der Waals surface area (Å²) >= 11 is 0. The Kier molecular flexibility index (Phi) is 25.7. The molecule has 0 aliphatic heterocycles. The van der Waals surface area contributed by atoms with Crippen molar-refractivity contribution in [3.63, 3.8) is 0 Å². The molecule has 168 valence electrons. The molecule has 0 heterocycles. The second-order valence-electron chi connectivity index (χ2n) is 7.11. The van der Waals surface area contributed by atoms with Gasteiger partial charge in [-0.05, 0) is 38.5 Å². The normalized spacial score (nSPS) is 12.1. The Labute approximate surface area is 172 Å². The number of carbonyl (C=O) groups is 1. The Morgan fingerprint density at radius 3 is 1.75 bits per heavy atom. The fourth-order valence-electron chi connectivity index (χ4n) is 2.72. The van der Waals surface area contributed by atoms with Crippen molar-refractivity contribution in [1.29, 1.82) is 0 Å². The summed E-state index contributed by atoms with van der Waals surface area (Å²) in [5, 5.41) is 11.9. The third-order valence-corrected chi connectivity index (χ3v) is 4.38. The first-order chi connectivity index (χ1) is 13.4. The van der Waals surface area contributed by atoms with Crippen molar-refractivity contribution in [1.82, 2.24) is 5.32 Å². The van der Waals surface area contributed by atoms with Crippen LogP contribution in [0.1, 0.15) is 110 Å². The number of nitrogens with one attached hydrogen (secondary N) is 1. The molecule has 4 N–H and O–H groups in total. The summed E-state index contributed by atoms with van der Waals surface area (Å²) in [6.45, 7) is 4.12. The number of aliphatic hydroxyl groups is 1. The quantitative estimate of drug-likeness (QED) is 0.111. The molecule has 0 aromatic carbocycles. The van der Waals surface area contributed by atoms with E-state index >= 15 is 0 Å². The maximum Gasteiger partial charge on any atom is 0.314 e. The van der Waals surface area contributed by atoms with Gasteiger partial charge in [-0.2, -0.15) is 0 Å². The highest BCUT2D eigenvalue weighted by atomic mass is 31.1. The zero-order valence-corrected chi connectivity index (χ0v) is 19.0. The minimum atomic E-state index is -3.13. The van der Waals surface area contributed by atoms with Crippen molar-refractivity contribution in [3.05, 3.63) is 12.2 Å². The molecule has 0 aromatic heterocycles. The van der Waals surface area contributed by atoms with Gasteiger partial charge in [-0.25, -0.2) is 0 Å². The molecule has 1 amide bonds. The first kappa shape index (κ1) is 29.5. The van der Waals surface area contributed by atoms with Crippen molar-refractivity contribution >= 4 is 14.2 Å². The summed E-state index contributed by atoms with van der Waals surface area (Å²) < 4.78 is 8.74. The maximum absolute atomic E-state index is 11.5. The highest BCUT2D eigenvalue weighted by Crippen LogP contribution is 2.10. The van der Waals surface area contributed by atoms with E-state index in [-0.39, 0.29) is 5.91 Å². The lowest BCUT2D eigenvalue weighted by molar-refractivity contribution is -0.124. The van der Waals surface area contributed by atoms with Crippen LogP contribution < -0.4 is 5.32 Å². The number of aliphatic hydroxyl groups excluding tert-OH is 1. The van der Waals surface area contributed by atoms with Crippen molar-refractivity contribution < 1.29 is 24.3 Å². The predicted molar refractivity (Wildman–Crippen MR) is 117 cm³/mol. The molecule has 0 saturated carbocycles. The minimum absolute atomic E-state index is 0.0259. The zero-order valence-electron chi connectivity index (χ0n) is 18.0. The second kappa shape index (κ2) is 24.4. The predicted octanol–water partition coefficient (Wildman–Crippen LogP) is 5.23. The van der Waals surface area contributed by atoms with Gasteiger partial charge in [-0.1, -0.05) is 77.4 Å². The van der Waals surface area contributed by atoms with E-state index in [1.807, 2.05) is 6.92 Å². The van der Waals surface area contributed by atoms with Crippen LogP contribution in [-0.4, -0.2) is 27.0 Å². The molecule has 0 aliphatic rings. The molecule has 28 heavy (non-hydrogen) atoms. The number of rotatable bonds is 17. The van der Waals surface area contributed by atoms with Gasteiger partial charge < -0.3 is 20.2 Å². The highest BCUT2D eigenvalue weighted by Gasteiger charge is 2.05. The summed E-state index contributed by atoms with van der Waals surface area (Å²) in [6.07, 6.45) is 21.5. The average molecular weight is 422 g/mol. The Morgan fingerprint density at radius 2 is 1.29 bits per heavy atom. The molecule has 1 atom stereocenters. The monoisotopic (exact) mass is 421 g/mol. The van der Waals surface area contributed by atoms with Crippen LogP contribution in [0.15, 0.2) is 12.2 Å². The SMILES string of the molecule is CCCCCCCCC=CCCCCCCCC(=O)NC(O)CC.O=[PH](O)O. The first-order valence-corrected chi connectivity index (χ1v) is 12.3. The van der Waals surface area contributed by atoms with Crippen molar-refractivity contribution in [2.24, 2.45) is 0 Å². The summed E-state index contributed by atoms with van der Waals surface area (Å²) in [4.78, 5) is 25.8. The Bertz CT molecular complexity index is 387. The fourth-order valence-corrected chi connectivity index (χ4v) is 2.72. The van der Waals surface area contributed by atoms with Crippen molar-refractivity contribution in [3.8, 4) is 0 Å². The Morgan fingerprint density at radius 1 is 0.857 bits per heavy atom. The lowest BCUT2D eigenvalue weighted by atomic mass is 10.1. The van der Waals surface area contributed by atoms with E-state index < -0.39 is 14.5 Å². The molecule has 0 bridgehead atoms. The Hall–Kier alpha value is -0.680. The van der Waals surface area contributed by atoms with Crippen LogP contribution in [0.3, 0.4) is 0 Å². The van der Waals surface area contributed by atoms with Gasteiger partial charge in [0.1, 0.15) is 6.23 Å². The van der Waals surface area contributed by atoms with Crippen LogP contribution in [0.4, 0.5) is 0 Å². The van der Waals surface area contributed by atoms with Gasteiger partial charge in [0.05, 0.1) is 0 Å². The van der Waals surface area contributed by atoms with E-state index in [9.17, 15) is 9.90 Å². The lowest BCUT2D eigenvalue weighted by Crippen LogP contribution is -2.33. The van der Waals surface area contributed by atoms with Crippen LogP contribution in [0.5, 0.6) is 0 Å². The van der Waals surface area contributed by atoms with Crippen LogP contribution in [0, 0.1) is 0 Å². The lowest BCUT2D eigenvalue weighted by Gasteiger charge is -2.09. The summed E-state index contributed by atoms with van der Waals surface area (Å²) in [5.41, 5.74) is 0. The van der Waals surface area contributed by atoms with Crippen LogP contribution in [0.2, 0.25) is 0 Å². The standard InChI is InChI=1S/C21H41NO2.H3O3P/c1-3-5-6-7-8-9-10-11-12-13-14-15-16-17-18-19-21(24)22-20(23)4-2;1-4(2)3/h11-12,20,23H,3-10,13-19H2,1-2H3,(H,22,24);4H,(H2,1,2,3). The second-order valence-corrected chi connectivity index (χ2v) is 7.67. The third-order valence-electron chi connectivity index (χ3n) is 4.38. The van der Waals surface area contributed by atoms with Crippen LogP contribution in [-0.2, 0) is 9.36 Å². The van der Waals surface area contributed by atoms with Crippen LogP contribution in [0.25, 0.3) is 0 Å². The molecule has 0 spiro atoms. The molecule has 0 aromatic rings. The van der Waals surface area contributed by atoms with E-state index in [4.69, 9.17) is 14.4 Å². The van der Waals surface area contributed by atoms with Gasteiger partial charge in [-0.15, -0.1) is 0 Å². The van der Waals surface area contributed by atoms with E-state index in [1.165, 1.54) is 70.6 Å². The molecule has 0 rings (SSSR count). The number of allylic oxidation sites excluding steroid dienone is 2. The largest absolute Gasteiger partial charge is 0.374 e. The summed E-state index contributed by atoms with van der Waals surface area (Å²) in [7, 11) is -3.13. The molecular weight excluding hydrogens is 377 g/mol. The number of carbonyl (C=O) groups excluding carboxylic acids is 1. The fraction of sp³-hybridized carbons (Fsp3) is 0.857. The van der Waals surface area contributed by atoms with E-state index in [0.717, 1.165) is 12.8 Å². The maximum atomic E-state index is 11.5. The van der Waals surface area contributed by atoms with Crippen LogP contribution >= 0.6 is 8.25 Å². The first-order valence-electron chi connectivity index (χ1n) is 11.0.